The van der Waals surface area contributed by atoms with E-state index in [1.807, 2.05) is 0 Å². The highest BCUT2D eigenvalue weighted by Gasteiger charge is 2.25. The van der Waals surface area contributed by atoms with Gasteiger partial charge in [0.15, 0.2) is 11.5 Å². The number of phenolic OH excluding ortho intramolecular Hbond substituents is 1. The summed E-state index contributed by atoms with van der Waals surface area (Å²) in [5, 5.41) is 11.8. The molecule has 1 saturated heterocycles. The van der Waals surface area contributed by atoms with Crippen LogP contribution in [0.25, 0.3) is 6.08 Å². The summed E-state index contributed by atoms with van der Waals surface area (Å²) >= 11 is 4.10. The number of hydrogen-bond donors (Lipinski definition) is 2. The molecule has 0 atom stereocenters. The van der Waals surface area contributed by atoms with Gasteiger partial charge in [0, 0.05) is 10.0 Å². The lowest BCUT2D eigenvalue weighted by molar-refractivity contribution is -0.115. The van der Waals surface area contributed by atoms with E-state index < -0.39 is 11.1 Å². The standard InChI is InChI=1S/C12H10BrNO4S/c1-2-18-8-5-7(13)3-6(10(8)15)4-9-11(16)14-12(17)19-9/h3-5,15H,2H2,1H3,(H,14,16,17)/b9-4+. The van der Waals surface area contributed by atoms with E-state index in [2.05, 4.69) is 21.2 Å². The summed E-state index contributed by atoms with van der Waals surface area (Å²) in [5.41, 5.74) is 0.408. The first kappa shape index (κ1) is 14.0. The molecule has 0 spiro atoms. The molecule has 19 heavy (non-hydrogen) atoms. The van der Waals surface area contributed by atoms with Gasteiger partial charge in [0.2, 0.25) is 0 Å². The number of amides is 2. The van der Waals surface area contributed by atoms with Gasteiger partial charge in [0.05, 0.1) is 11.5 Å². The number of imide groups is 1. The van der Waals surface area contributed by atoms with Crippen molar-refractivity contribution in [3.05, 3.63) is 27.1 Å². The summed E-state index contributed by atoms with van der Waals surface area (Å²) in [4.78, 5) is 22.8. The Labute approximate surface area is 122 Å². The SMILES string of the molecule is CCOc1cc(Br)cc(/C=C2/SC(=O)NC2=O)c1O. The van der Waals surface area contributed by atoms with Gasteiger partial charge in [0.25, 0.3) is 11.1 Å². The van der Waals surface area contributed by atoms with E-state index in [0.717, 1.165) is 11.8 Å². The molecule has 100 valence electrons. The second kappa shape index (κ2) is 5.66. The molecule has 0 aliphatic carbocycles. The van der Waals surface area contributed by atoms with Crippen molar-refractivity contribution in [3.63, 3.8) is 0 Å². The Morgan fingerprint density at radius 2 is 2.21 bits per heavy atom. The zero-order valence-corrected chi connectivity index (χ0v) is 12.3. The molecule has 0 radical (unpaired) electrons. The van der Waals surface area contributed by atoms with Crippen LogP contribution in [0.5, 0.6) is 11.5 Å². The van der Waals surface area contributed by atoms with Crippen molar-refractivity contribution < 1.29 is 19.4 Å². The van der Waals surface area contributed by atoms with Crippen LogP contribution in [-0.4, -0.2) is 22.9 Å². The molecule has 2 amide bonds. The molecule has 1 aliphatic heterocycles. The summed E-state index contributed by atoms with van der Waals surface area (Å²) in [6, 6.07) is 3.27. The maximum absolute atomic E-state index is 11.5. The molecular formula is C12H10BrNO4S. The van der Waals surface area contributed by atoms with Gasteiger partial charge in [-0.05, 0) is 36.9 Å². The lowest BCUT2D eigenvalue weighted by Crippen LogP contribution is -2.17. The van der Waals surface area contributed by atoms with Crippen LogP contribution in [0, 0.1) is 0 Å². The quantitative estimate of drug-likeness (QED) is 0.825. The highest BCUT2D eigenvalue weighted by molar-refractivity contribution is 9.10. The van der Waals surface area contributed by atoms with E-state index in [1.165, 1.54) is 6.08 Å². The molecule has 1 aliphatic rings. The Balaban J connectivity index is 2.42. The van der Waals surface area contributed by atoms with E-state index in [1.54, 1.807) is 19.1 Å². The molecule has 1 aromatic rings. The molecule has 0 unspecified atom stereocenters. The molecule has 2 N–H and O–H groups in total. The van der Waals surface area contributed by atoms with Gasteiger partial charge in [-0.3, -0.25) is 14.9 Å². The van der Waals surface area contributed by atoms with Crippen LogP contribution < -0.4 is 10.1 Å². The molecule has 0 bridgehead atoms. The summed E-state index contributed by atoms with van der Waals surface area (Å²) in [7, 11) is 0. The fraction of sp³-hybridized carbons (Fsp3) is 0.167. The number of ether oxygens (including phenoxy) is 1. The van der Waals surface area contributed by atoms with Crippen LogP contribution in [0.4, 0.5) is 4.79 Å². The highest BCUT2D eigenvalue weighted by Crippen LogP contribution is 2.37. The lowest BCUT2D eigenvalue weighted by atomic mass is 10.1. The van der Waals surface area contributed by atoms with Crippen molar-refractivity contribution in [1.29, 1.82) is 0 Å². The molecule has 1 heterocycles. The van der Waals surface area contributed by atoms with Gasteiger partial charge < -0.3 is 9.84 Å². The number of hydrogen-bond acceptors (Lipinski definition) is 5. The zero-order valence-electron chi connectivity index (χ0n) is 9.90. The smallest absolute Gasteiger partial charge is 0.290 e. The molecule has 0 aromatic heterocycles. The van der Waals surface area contributed by atoms with Gasteiger partial charge >= 0.3 is 0 Å². The second-order valence-electron chi connectivity index (χ2n) is 3.63. The van der Waals surface area contributed by atoms with Gasteiger partial charge in [-0.25, -0.2) is 0 Å². The van der Waals surface area contributed by atoms with Gasteiger partial charge in [0.1, 0.15) is 0 Å². The van der Waals surface area contributed by atoms with Crippen LogP contribution >= 0.6 is 27.7 Å². The molecule has 5 nitrogen and oxygen atoms in total. The minimum absolute atomic E-state index is 0.0645. The highest BCUT2D eigenvalue weighted by atomic mass is 79.9. The normalized spacial score (nSPS) is 16.8. The summed E-state index contributed by atoms with van der Waals surface area (Å²) < 4.78 is 5.99. The van der Waals surface area contributed by atoms with Crippen LogP contribution in [0.3, 0.4) is 0 Å². The Bertz CT molecular complexity index is 585. The Morgan fingerprint density at radius 1 is 1.47 bits per heavy atom. The van der Waals surface area contributed by atoms with E-state index >= 15 is 0 Å². The van der Waals surface area contributed by atoms with Crippen LogP contribution in [0.2, 0.25) is 0 Å². The number of nitrogens with one attached hydrogen (secondary N) is 1. The number of rotatable bonds is 3. The molecule has 1 aromatic carbocycles. The largest absolute Gasteiger partial charge is 0.504 e. The van der Waals surface area contributed by atoms with Crippen LogP contribution in [0.1, 0.15) is 12.5 Å². The number of carbonyl (C=O) groups excluding carboxylic acids is 2. The topological polar surface area (TPSA) is 75.6 Å². The minimum atomic E-state index is -0.465. The number of aromatic hydroxyl groups is 1. The Hall–Kier alpha value is -1.47. The first-order valence-electron chi connectivity index (χ1n) is 5.41. The fourth-order valence-corrected chi connectivity index (χ4v) is 2.66. The Morgan fingerprint density at radius 3 is 2.79 bits per heavy atom. The van der Waals surface area contributed by atoms with Crippen molar-refractivity contribution in [2.75, 3.05) is 6.61 Å². The number of carbonyl (C=O) groups is 2. The molecule has 0 saturated carbocycles. The summed E-state index contributed by atoms with van der Waals surface area (Å²) in [5.74, 6) is -0.212. The number of phenols is 1. The molecule has 1 fully saturated rings. The third-order valence-electron chi connectivity index (χ3n) is 2.30. The first-order chi connectivity index (χ1) is 9.01. The monoisotopic (exact) mass is 343 g/mol. The molecule has 7 heteroatoms. The van der Waals surface area contributed by atoms with Crippen molar-refractivity contribution in [3.8, 4) is 11.5 Å². The average Bonchev–Trinajstić information content (AvgIpc) is 2.64. The Kier molecular flexibility index (Phi) is 4.16. The minimum Gasteiger partial charge on any atom is -0.504 e. The predicted molar refractivity (Wildman–Crippen MR) is 76.1 cm³/mol. The zero-order chi connectivity index (χ0) is 14.0. The van der Waals surface area contributed by atoms with Crippen molar-refractivity contribution in [2.24, 2.45) is 0 Å². The van der Waals surface area contributed by atoms with Gasteiger partial charge in [-0.15, -0.1) is 0 Å². The lowest BCUT2D eigenvalue weighted by Gasteiger charge is -2.09. The summed E-state index contributed by atoms with van der Waals surface area (Å²) in [6.45, 7) is 2.21. The van der Waals surface area contributed by atoms with Crippen molar-refractivity contribution in [2.45, 2.75) is 6.92 Å². The predicted octanol–water partition coefficient (Wildman–Crippen LogP) is 2.88. The molecule has 2 rings (SSSR count). The first-order valence-corrected chi connectivity index (χ1v) is 7.02. The maximum atomic E-state index is 11.5. The second-order valence-corrected chi connectivity index (χ2v) is 5.56. The van der Waals surface area contributed by atoms with E-state index in [9.17, 15) is 14.7 Å². The van der Waals surface area contributed by atoms with Crippen LogP contribution in [-0.2, 0) is 4.79 Å². The number of thioether (sulfide) groups is 1. The van der Waals surface area contributed by atoms with Crippen molar-refractivity contribution >= 4 is 44.9 Å². The number of halogens is 1. The third-order valence-corrected chi connectivity index (χ3v) is 3.57. The maximum Gasteiger partial charge on any atom is 0.290 e. The van der Waals surface area contributed by atoms with Crippen molar-refractivity contribution in [1.82, 2.24) is 5.32 Å². The van der Waals surface area contributed by atoms with E-state index in [0.29, 0.717) is 22.4 Å². The third kappa shape index (κ3) is 3.10. The fourth-order valence-electron chi connectivity index (χ4n) is 1.53. The molecular weight excluding hydrogens is 334 g/mol. The summed E-state index contributed by atoms with van der Waals surface area (Å²) in [6.07, 6.45) is 1.45. The van der Waals surface area contributed by atoms with E-state index in [4.69, 9.17) is 4.74 Å². The van der Waals surface area contributed by atoms with E-state index in [-0.39, 0.29) is 10.7 Å². The van der Waals surface area contributed by atoms with Gasteiger partial charge in [-0.2, -0.15) is 0 Å². The van der Waals surface area contributed by atoms with Crippen LogP contribution in [0.15, 0.2) is 21.5 Å². The average molecular weight is 344 g/mol. The van der Waals surface area contributed by atoms with Gasteiger partial charge in [-0.1, -0.05) is 15.9 Å². The number of benzene rings is 1.